The van der Waals surface area contributed by atoms with Crippen LogP contribution in [-0.2, 0) is 6.54 Å². The van der Waals surface area contributed by atoms with Crippen molar-refractivity contribution in [2.45, 2.75) is 59.2 Å². The Morgan fingerprint density at radius 3 is 2.33 bits per heavy atom. The van der Waals surface area contributed by atoms with Gasteiger partial charge in [0, 0.05) is 6.54 Å². The van der Waals surface area contributed by atoms with Crippen LogP contribution in [0.5, 0.6) is 0 Å². The van der Waals surface area contributed by atoms with Crippen molar-refractivity contribution >= 4 is 22.9 Å². The number of fused-ring (bicyclic) bond motifs is 1. The third-order valence-electron chi connectivity index (χ3n) is 4.67. The zero-order chi connectivity index (χ0) is 22.7. The number of nitrogens with one attached hydrogen (secondary N) is 1. The molecule has 10 heteroatoms. The maximum atomic E-state index is 13.2. The summed E-state index contributed by atoms with van der Waals surface area (Å²) in [4.78, 5) is 26.3. The summed E-state index contributed by atoms with van der Waals surface area (Å²) < 4.78 is 2.56. The molecule has 0 spiro atoms. The predicted molar refractivity (Wildman–Crippen MR) is 117 cm³/mol. The molecule has 0 aliphatic carbocycles. The van der Waals surface area contributed by atoms with Gasteiger partial charge in [0.25, 0.3) is 0 Å². The molecule has 0 saturated carbocycles. The Balaban J connectivity index is 2.50. The van der Waals surface area contributed by atoms with Gasteiger partial charge in [0.1, 0.15) is 5.84 Å². The van der Waals surface area contributed by atoms with E-state index >= 15 is 0 Å². The minimum atomic E-state index is -0.943. The van der Waals surface area contributed by atoms with Crippen LogP contribution in [0.4, 0.5) is 4.79 Å². The number of carbonyl (C=O) groups is 1. The molecular formula is C20H31N7O3. The largest absolute Gasteiger partial charge is 0.390 e. The van der Waals surface area contributed by atoms with E-state index in [2.05, 4.69) is 20.8 Å². The first-order valence-electron chi connectivity index (χ1n) is 9.72. The molecular weight excluding hydrogens is 386 g/mol. The van der Waals surface area contributed by atoms with E-state index in [4.69, 9.17) is 5.73 Å². The first kappa shape index (κ1) is 23.3. The number of aliphatic hydroxyl groups is 1. The van der Waals surface area contributed by atoms with E-state index in [0.717, 1.165) is 4.57 Å². The Hall–Kier alpha value is -3.01. The molecule has 0 unspecified atom stereocenters. The third-order valence-corrected chi connectivity index (χ3v) is 4.67. The number of carbonyl (C=O) groups excluding carboxylic acids is 1. The number of aryl methyl sites for hydroxylation is 1. The minimum Gasteiger partial charge on any atom is -0.390 e. The molecule has 0 saturated heterocycles. The summed E-state index contributed by atoms with van der Waals surface area (Å²) in [6.45, 7) is 9.28. The number of hydrogen-bond acceptors (Lipinski definition) is 5. The summed E-state index contributed by atoms with van der Waals surface area (Å²) in [5, 5.41) is 23.8. The number of hydrogen-bond donors (Lipinski definition) is 3. The average Bonchev–Trinajstić information content (AvgIpc) is 2.92. The second kappa shape index (κ2) is 8.78. The van der Waals surface area contributed by atoms with Crippen molar-refractivity contribution in [2.24, 2.45) is 26.6 Å². The maximum Gasteiger partial charge on any atom is 0.337 e. The monoisotopic (exact) mass is 417 g/mol. The van der Waals surface area contributed by atoms with Crippen LogP contribution in [-0.4, -0.2) is 44.8 Å². The van der Waals surface area contributed by atoms with Crippen molar-refractivity contribution in [3.05, 3.63) is 34.7 Å². The summed E-state index contributed by atoms with van der Waals surface area (Å²) in [5.41, 5.74) is 5.18. The lowest BCUT2D eigenvalue weighted by Gasteiger charge is -2.30. The number of amidine groups is 1. The van der Waals surface area contributed by atoms with Crippen molar-refractivity contribution < 1.29 is 9.90 Å². The van der Waals surface area contributed by atoms with Gasteiger partial charge in [0.15, 0.2) is 0 Å². The van der Waals surface area contributed by atoms with Gasteiger partial charge in [-0.15, -0.1) is 5.10 Å². The van der Waals surface area contributed by atoms with Crippen LogP contribution in [0, 0.1) is 5.41 Å². The fourth-order valence-corrected chi connectivity index (χ4v) is 3.08. The lowest BCUT2D eigenvalue weighted by Crippen LogP contribution is -2.54. The number of nitrogens with zero attached hydrogens (tertiary/aromatic N) is 5. The van der Waals surface area contributed by atoms with E-state index in [1.807, 2.05) is 20.8 Å². The first-order chi connectivity index (χ1) is 13.9. The quantitative estimate of drug-likeness (QED) is 0.287. The van der Waals surface area contributed by atoms with Crippen molar-refractivity contribution in [2.75, 3.05) is 7.05 Å². The Kier molecular flexibility index (Phi) is 6.81. The molecule has 164 valence electrons. The molecule has 1 heterocycles. The van der Waals surface area contributed by atoms with Gasteiger partial charge in [-0.25, -0.2) is 14.2 Å². The van der Waals surface area contributed by atoms with Gasteiger partial charge in [-0.2, -0.15) is 5.11 Å². The highest BCUT2D eigenvalue weighted by atomic mass is 16.3. The molecule has 1 aromatic carbocycles. The van der Waals surface area contributed by atoms with Gasteiger partial charge < -0.3 is 16.2 Å². The van der Waals surface area contributed by atoms with Crippen molar-refractivity contribution in [1.82, 2.24) is 14.5 Å². The molecule has 0 radical (unpaired) electrons. The molecule has 0 fully saturated rings. The second-order valence-corrected chi connectivity index (χ2v) is 8.88. The molecule has 0 aliphatic rings. The second-order valence-electron chi connectivity index (χ2n) is 8.88. The Bertz CT molecular complexity index is 1020. The summed E-state index contributed by atoms with van der Waals surface area (Å²) in [7, 11) is 1.46. The molecule has 2 rings (SSSR count). The highest BCUT2D eigenvalue weighted by molar-refractivity contribution is 5.94. The van der Waals surface area contributed by atoms with E-state index in [1.54, 1.807) is 38.1 Å². The molecule has 1 aromatic heterocycles. The standard InChI is InChI=1S/C20H31N7O3/c1-19(2,3)15(16(21)24-25-22-6)23-17(28)27-14-10-8-7-9-13(14)26(18(27)29)12-11-20(4,5)30/h7-10,15,30H,11-12H2,1-6H3,(H,23,28)(H2,21,22,24)/t15-/m1/s1. The summed E-state index contributed by atoms with van der Waals surface area (Å²) >= 11 is 0. The third kappa shape index (κ3) is 5.32. The molecule has 4 N–H and O–H groups in total. The first-order valence-corrected chi connectivity index (χ1v) is 9.72. The van der Waals surface area contributed by atoms with Crippen LogP contribution in [0.1, 0.15) is 41.0 Å². The number of nitrogens with two attached hydrogens (primary N) is 1. The summed E-state index contributed by atoms with van der Waals surface area (Å²) in [6, 6.07) is 5.72. The lowest BCUT2D eigenvalue weighted by molar-refractivity contribution is 0.0663. The summed E-state index contributed by atoms with van der Waals surface area (Å²) in [5.74, 6) is 0.0836. The average molecular weight is 418 g/mol. The zero-order valence-electron chi connectivity index (χ0n) is 18.4. The highest BCUT2D eigenvalue weighted by Gasteiger charge is 2.31. The van der Waals surface area contributed by atoms with Crippen LogP contribution in [0.25, 0.3) is 11.0 Å². The number of imidazole rings is 1. The molecule has 0 bridgehead atoms. The Labute approximate surface area is 175 Å². The topological polar surface area (TPSA) is 139 Å². The normalized spacial score (nSPS) is 14.4. The molecule has 10 nitrogen and oxygen atoms in total. The number of rotatable bonds is 6. The molecule has 0 aliphatic heterocycles. The van der Waals surface area contributed by atoms with Crippen molar-refractivity contribution in [1.29, 1.82) is 0 Å². The van der Waals surface area contributed by atoms with Crippen LogP contribution in [0.3, 0.4) is 0 Å². The van der Waals surface area contributed by atoms with Crippen molar-refractivity contribution in [3.8, 4) is 0 Å². The fourth-order valence-electron chi connectivity index (χ4n) is 3.08. The van der Waals surface area contributed by atoms with E-state index < -0.39 is 28.8 Å². The van der Waals surface area contributed by atoms with E-state index in [0.29, 0.717) is 17.5 Å². The summed E-state index contributed by atoms with van der Waals surface area (Å²) in [6.07, 6.45) is 0.356. The molecule has 1 atom stereocenters. The Morgan fingerprint density at radius 2 is 1.80 bits per heavy atom. The number of benzene rings is 1. The lowest BCUT2D eigenvalue weighted by atomic mass is 9.86. The number of para-hydroxylation sites is 2. The SMILES string of the molecule is CN=N/N=C(\N)[C@@H](NC(=O)n1c(=O)n(CCC(C)(C)O)c2ccccc21)C(C)(C)C. The van der Waals surface area contributed by atoms with Crippen LogP contribution in [0.15, 0.2) is 44.5 Å². The van der Waals surface area contributed by atoms with E-state index in [-0.39, 0.29) is 12.4 Å². The van der Waals surface area contributed by atoms with Crippen LogP contribution >= 0.6 is 0 Å². The number of aromatic nitrogens is 2. The molecule has 1 amide bonds. The number of amides is 1. The molecule has 30 heavy (non-hydrogen) atoms. The predicted octanol–water partition coefficient (Wildman–Crippen LogP) is 2.29. The van der Waals surface area contributed by atoms with Gasteiger partial charge in [0.05, 0.1) is 29.7 Å². The van der Waals surface area contributed by atoms with Crippen LogP contribution in [0.2, 0.25) is 0 Å². The fraction of sp³-hybridized carbons (Fsp3) is 0.550. The van der Waals surface area contributed by atoms with Gasteiger partial charge in [0.2, 0.25) is 0 Å². The smallest absolute Gasteiger partial charge is 0.337 e. The minimum absolute atomic E-state index is 0.0836. The van der Waals surface area contributed by atoms with E-state index in [9.17, 15) is 14.7 Å². The van der Waals surface area contributed by atoms with Crippen LogP contribution < -0.4 is 16.7 Å². The highest BCUT2D eigenvalue weighted by Crippen LogP contribution is 2.21. The molecule has 2 aromatic rings. The maximum absolute atomic E-state index is 13.2. The van der Waals surface area contributed by atoms with Crippen molar-refractivity contribution in [3.63, 3.8) is 0 Å². The zero-order valence-corrected chi connectivity index (χ0v) is 18.4. The van der Waals surface area contributed by atoms with E-state index in [1.165, 1.54) is 11.6 Å². The van der Waals surface area contributed by atoms with Gasteiger partial charge in [-0.1, -0.05) is 32.9 Å². The Morgan fingerprint density at radius 1 is 1.20 bits per heavy atom. The van der Waals surface area contributed by atoms with Gasteiger partial charge in [-0.3, -0.25) is 4.57 Å². The van der Waals surface area contributed by atoms with Gasteiger partial charge >= 0.3 is 11.7 Å². The van der Waals surface area contributed by atoms with Gasteiger partial charge in [-0.05, 0) is 43.0 Å².